The summed E-state index contributed by atoms with van der Waals surface area (Å²) >= 11 is 1.85. The summed E-state index contributed by atoms with van der Waals surface area (Å²) in [6, 6.07) is 3.07. The Morgan fingerprint density at radius 1 is 1.33 bits per heavy atom. The number of hydrogen-bond acceptors (Lipinski definition) is 6. The van der Waals surface area contributed by atoms with Gasteiger partial charge in [-0.05, 0) is 31.6 Å². The maximum absolute atomic E-state index is 9.29. The second kappa shape index (κ2) is 6.84. The average molecular weight is 310 g/mol. The van der Waals surface area contributed by atoms with Gasteiger partial charge in [0, 0.05) is 24.2 Å². The van der Waals surface area contributed by atoms with Gasteiger partial charge < -0.3 is 0 Å². The monoisotopic (exact) mass is 310 g/mol. The molecule has 2 aliphatic heterocycles. The third-order valence-electron chi connectivity index (χ3n) is 5.04. The molecule has 5 nitrogen and oxygen atoms in total. The molecule has 0 aromatic heterocycles. The van der Waals surface area contributed by atoms with Crippen molar-refractivity contribution in [1.82, 2.24) is 15.1 Å². The molecule has 1 saturated carbocycles. The standard InChI is InChI=1S/C15H26N4OS/c1-3-18(13-6-4-12(2)5-7-13)19-15(9-20-19)17-11-21-10-14(17)8-16/h12-15H,3-7,9-11H2,1-2H3. The van der Waals surface area contributed by atoms with E-state index in [-0.39, 0.29) is 12.2 Å². The summed E-state index contributed by atoms with van der Waals surface area (Å²) in [5.41, 5.74) is 0. The molecular formula is C15H26N4OS. The van der Waals surface area contributed by atoms with Gasteiger partial charge in [0.1, 0.15) is 18.8 Å². The van der Waals surface area contributed by atoms with Crippen LogP contribution in [-0.2, 0) is 4.84 Å². The summed E-state index contributed by atoms with van der Waals surface area (Å²) < 4.78 is 0. The molecule has 0 spiro atoms. The van der Waals surface area contributed by atoms with E-state index in [9.17, 15) is 5.26 Å². The van der Waals surface area contributed by atoms with E-state index in [2.05, 4.69) is 35.0 Å². The highest BCUT2D eigenvalue weighted by Gasteiger charge is 2.45. The Morgan fingerprint density at radius 2 is 2.10 bits per heavy atom. The van der Waals surface area contributed by atoms with Crippen molar-refractivity contribution < 1.29 is 4.84 Å². The lowest BCUT2D eigenvalue weighted by Gasteiger charge is -2.52. The van der Waals surface area contributed by atoms with Crippen molar-refractivity contribution in [3.8, 4) is 6.07 Å². The summed E-state index contributed by atoms with van der Waals surface area (Å²) in [4.78, 5) is 8.07. The number of hydroxylamine groups is 1. The third kappa shape index (κ3) is 3.08. The van der Waals surface area contributed by atoms with Crippen LogP contribution in [0.3, 0.4) is 0 Å². The summed E-state index contributed by atoms with van der Waals surface area (Å²) in [5, 5.41) is 13.8. The number of rotatable bonds is 4. The molecule has 2 heterocycles. The second-order valence-corrected chi connectivity index (χ2v) is 7.41. The number of hydrazine groups is 1. The molecule has 0 aromatic carbocycles. The molecular weight excluding hydrogens is 284 g/mol. The zero-order chi connectivity index (χ0) is 14.8. The van der Waals surface area contributed by atoms with E-state index in [0.29, 0.717) is 6.04 Å². The molecule has 0 aromatic rings. The topological polar surface area (TPSA) is 42.7 Å². The van der Waals surface area contributed by atoms with E-state index in [1.807, 2.05) is 11.8 Å². The fourth-order valence-corrected chi connectivity index (χ4v) is 4.79. The highest BCUT2D eigenvalue weighted by atomic mass is 32.2. The molecule has 21 heavy (non-hydrogen) atoms. The minimum absolute atomic E-state index is 0.0384. The van der Waals surface area contributed by atoms with Gasteiger partial charge in [-0.1, -0.05) is 13.8 Å². The van der Waals surface area contributed by atoms with Gasteiger partial charge in [0.15, 0.2) is 0 Å². The first-order valence-electron chi connectivity index (χ1n) is 8.16. The van der Waals surface area contributed by atoms with Gasteiger partial charge >= 0.3 is 0 Å². The van der Waals surface area contributed by atoms with Gasteiger partial charge in [-0.25, -0.2) is 5.01 Å². The summed E-state index contributed by atoms with van der Waals surface area (Å²) in [6.45, 7) is 6.26. The van der Waals surface area contributed by atoms with Gasteiger partial charge in [-0.3, -0.25) is 9.74 Å². The quantitative estimate of drug-likeness (QED) is 0.793. The van der Waals surface area contributed by atoms with E-state index in [4.69, 9.17) is 4.84 Å². The highest BCUT2D eigenvalue weighted by molar-refractivity contribution is 7.99. The molecule has 1 aliphatic carbocycles. The Balaban J connectivity index is 1.63. The third-order valence-corrected chi connectivity index (χ3v) is 6.08. The molecule has 2 atom stereocenters. The molecule has 3 aliphatic rings. The molecule has 6 heteroatoms. The first-order valence-corrected chi connectivity index (χ1v) is 9.31. The maximum atomic E-state index is 9.29. The number of nitriles is 1. The predicted molar refractivity (Wildman–Crippen MR) is 83.9 cm³/mol. The minimum atomic E-state index is 0.0384. The van der Waals surface area contributed by atoms with Crippen molar-refractivity contribution >= 4 is 11.8 Å². The van der Waals surface area contributed by atoms with Gasteiger partial charge in [-0.15, -0.1) is 16.9 Å². The van der Waals surface area contributed by atoms with Crippen molar-refractivity contribution in [1.29, 1.82) is 5.26 Å². The van der Waals surface area contributed by atoms with Crippen molar-refractivity contribution in [3.05, 3.63) is 0 Å². The Kier molecular flexibility index (Phi) is 5.07. The average Bonchev–Trinajstić information content (AvgIpc) is 2.92. The number of thioether (sulfide) groups is 1. The van der Waals surface area contributed by atoms with Crippen molar-refractivity contribution in [2.45, 2.75) is 57.8 Å². The lowest BCUT2D eigenvalue weighted by molar-refractivity contribution is -0.424. The summed E-state index contributed by atoms with van der Waals surface area (Å²) in [5.74, 6) is 2.74. The van der Waals surface area contributed by atoms with E-state index in [1.54, 1.807) is 0 Å². The molecule has 0 amide bonds. The van der Waals surface area contributed by atoms with Crippen LogP contribution in [0.2, 0.25) is 0 Å². The molecule has 0 N–H and O–H groups in total. The van der Waals surface area contributed by atoms with Crippen LogP contribution in [0.5, 0.6) is 0 Å². The van der Waals surface area contributed by atoms with Crippen molar-refractivity contribution in [2.75, 3.05) is 24.8 Å². The zero-order valence-electron chi connectivity index (χ0n) is 13.1. The maximum Gasteiger partial charge on any atom is 0.131 e. The molecule has 0 bridgehead atoms. The van der Waals surface area contributed by atoms with Gasteiger partial charge in [0.05, 0.1) is 6.07 Å². The summed E-state index contributed by atoms with van der Waals surface area (Å²) in [7, 11) is 0. The molecule has 3 fully saturated rings. The molecule has 2 saturated heterocycles. The van der Waals surface area contributed by atoms with Crippen molar-refractivity contribution in [3.63, 3.8) is 0 Å². The van der Waals surface area contributed by atoms with Gasteiger partial charge in [0.25, 0.3) is 0 Å². The van der Waals surface area contributed by atoms with E-state index in [1.165, 1.54) is 25.7 Å². The lowest BCUT2D eigenvalue weighted by atomic mass is 9.87. The van der Waals surface area contributed by atoms with Gasteiger partial charge in [-0.2, -0.15) is 5.26 Å². The first-order chi connectivity index (χ1) is 10.2. The predicted octanol–water partition coefficient (Wildman–Crippen LogP) is 2.27. The Labute approximate surface area is 132 Å². The van der Waals surface area contributed by atoms with Crippen LogP contribution in [0.1, 0.15) is 39.5 Å². The van der Waals surface area contributed by atoms with E-state index in [0.717, 1.165) is 30.7 Å². The van der Waals surface area contributed by atoms with Crippen LogP contribution < -0.4 is 0 Å². The molecule has 0 radical (unpaired) electrons. The fourth-order valence-electron chi connectivity index (χ4n) is 3.64. The van der Waals surface area contributed by atoms with Crippen LogP contribution in [0.15, 0.2) is 0 Å². The van der Waals surface area contributed by atoms with E-state index >= 15 is 0 Å². The Bertz CT molecular complexity index is 394. The zero-order valence-corrected chi connectivity index (χ0v) is 13.9. The smallest absolute Gasteiger partial charge is 0.131 e. The minimum Gasteiger partial charge on any atom is -0.279 e. The molecule has 2 unspecified atom stereocenters. The first kappa shape index (κ1) is 15.6. The van der Waals surface area contributed by atoms with E-state index < -0.39 is 0 Å². The van der Waals surface area contributed by atoms with Crippen LogP contribution >= 0.6 is 11.8 Å². The Morgan fingerprint density at radius 3 is 2.67 bits per heavy atom. The highest BCUT2D eigenvalue weighted by Crippen LogP contribution is 2.34. The van der Waals surface area contributed by atoms with Crippen LogP contribution in [0.4, 0.5) is 0 Å². The van der Waals surface area contributed by atoms with Gasteiger partial charge in [0.2, 0.25) is 0 Å². The largest absolute Gasteiger partial charge is 0.279 e. The van der Waals surface area contributed by atoms with Crippen LogP contribution in [-0.4, -0.2) is 58.1 Å². The summed E-state index contributed by atoms with van der Waals surface area (Å²) in [6.07, 6.45) is 5.42. The Hall–Kier alpha value is -0.320. The normalized spacial score (nSPS) is 38.4. The fraction of sp³-hybridized carbons (Fsp3) is 0.933. The number of nitrogens with zero attached hydrogens (tertiary/aromatic N) is 4. The molecule has 118 valence electrons. The SMILES string of the molecule is CCN(C1CCC(C)CC1)N1OCC1N1CSCC1C#N. The lowest BCUT2D eigenvalue weighted by Crippen LogP contribution is -2.68. The molecule has 3 rings (SSSR count). The van der Waals surface area contributed by atoms with Crippen LogP contribution in [0.25, 0.3) is 0 Å². The van der Waals surface area contributed by atoms with Crippen LogP contribution in [0, 0.1) is 17.2 Å². The second-order valence-electron chi connectivity index (χ2n) is 6.41. The van der Waals surface area contributed by atoms with Crippen molar-refractivity contribution in [2.24, 2.45) is 5.92 Å². The number of hydrogen-bond donors (Lipinski definition) is 0.